The molecule has 0 aliphatic carbocycles. The second kappa shape index (κ2) is 5.59. The third kappa shape index (κ3) is 4.08. The monoisotopic (exact) mass is 304 g/mol. The van der Waals surface area contributed by atoms with Crippen molar-refractivity contribution in [2.24, 2.45) is 0 Å². The molecule has 1 N–H and O–H groups in total. The number of alkyl halides is 3. The van der Waals surface area contributed by atoms with E-state index in [-0.39, 0.29) is 17.1 Å². The predicted molar refractivity (Wildman–Crippen MR) is 63.8 cm³/mol. The van der Waals surface area contributed by atoms with Crippen molar-refractivity contribution in [1.82, 2.24) is 0 Å². The molecule has 0 unspecified atom stereocenters. The quantitative estimate of drug-likeness (QED) is 0.858. The van der Waals surface area contributed by atoms with E-state index in [0.29, 0.717) is 6.07 Å². The van der Waals surface area contributed by atoms with Crippen molar-refractivity contribution in [3.8, 4) is 11.5 Å². The molecule has 2 aromatic rings. The first kappa shape index (κ1) is 15.1. The molecule has 112 valence electrons. The predicted octanol–water partition coefficient (Wildman–Crippen LogP) is 4.27. The van der Waals surface area contributed by atoms with Gasteiger partial charge in [0.2, 0.25) is 0 Å². The molecule has 0 aliphatic heterocycles. The zero-order valence-electron chi connectivity index (χ0n) is 10.4. The van der Waals surface area contributed by atoms with E-state index in [4.69, 9.17) is 9.84 Å². The highest BCUT2D eigenvalue weighted by atomic mass is 19.4. The average molecular weight is 304 g/mol. The Labute approximate surface area is 116 Å². The van der Waals surface area contributed by atoms with Gasteiger partial charge in [0.05, 0.1) is 5.56 Å². The van der Waals surface area contributed by atoms with E-state index in [1.165, 1.54) is 0 Å². The number of phenolic OH excluding ortho intramolecular Hbond substituents is 1. The smallest absolute Gasteiger partial charge is 0.416 e. The van der Waals surface area contributed by atoms with Crippen molar-refractivity contribution in [2.45, 2.75) is 12.8 Å². The first-order valence-corrected chi connectivity index (χ1v) is 5.73. The van der Waals surface area contributed by atoms with E-state index in [1.807, 2.05) is 0 Å². The Morgan fingerprint density at radius 1 is 0.905 bits per heavy atom. The second-order valence-electron chi connectivity index (χ2n) is 4.28. The topological polar surface area (TPSA) is 29.5 Å². The van der Waals surface area contributed by atoms with Crippen molar-refractivity contribution < 1.29 is 31.8 Å². The van der Waals surface area contributed by atoms with Crippen LogP contribution in [0.3, 0.4) is 0 Å². The Kier molecular flexibility index (Phi) is 4.02. The lowest BCUT2D eigenvalue weighted by atomic mass is 10.1. The fourth-order valence-electron chi connectivity index (χ4n) is 1.70. The van der Waals surface area contributed by atoms with Crippen LogP contribution >= 0.6 is 0 Å². The molecule has 0 aliphatic rings. The minimum Gasteiger partial charge on any atom is -0.508 e. The molecule has 21 heavy (non-hydrogen) atoms. The standard InChI is InChI=1S/C14H9F5O2/c15-10-2-8(1-9(3-10)14(17,18)19)7-21-13-5-11(16)4-12(20)6-13/h1-6,20H,7H2. The molecule has 2 nitrogen and oxygen atoms in total. The normalized spacial score (nSPS) is 11.5. The number of hydrogen-bond donors (Lipinski definition) is 1. The Balaban J connectivity index is 2.18. The second-order valence-corrected chi connectivity index (χ2v) is 4.28. The summed E-state index contributed by atoms with van der Waals surface area (Å²) >= 11 is 0. The van der Waals surface area contributed by atoms with Crippen LogP contribution in [0.15, 0.2) is 36.4 Å². The third-order valence-corrected chi connectivity index (χ3v) is 2.55. The minimum absolute atomic E-state index is 0.0638. The summed E-state index contributed by atoms with van der Waals surface area (Å²) in [4.78, 5) is 0. The summed E-state index contributed by atoms with van der Waals surface area (Å²) in [5, 5.41) is 9.16. The molecule has 0 amide bonds. The van der Waals surface area contributed by atoms with Crippen molar-refractivity contribution >= 4 is 0 Å². The van der Waals surface area contributed by atoms with Crippen molar-refractivity contribution in [2.75, 3.05) is 0 Å². The van der Waals surface area contributed by atoms with E-state index in [1.54, 1.807) is 0 Å². The number of phenols is 1. The summed E-state index contributed by atoms with van der Waals surface area (Å²) in [7, 11) is 0. The van der Waals surface area contributed by atoms with Gasteiger partial charge in [0.25, 0.3) is 0 Å². The zero-order valence-corrected chi connectivity index (χ0v) is 10.4. The molecule has 0 saturated heterocycles. The first-order valence-electron chi connectivity index (χ1n) is 5.73. The van der Waals surface area contributed by atoms with E-state index in [2.05, 4.69) is 0 Å². The molecule has 0 spiro atoms. The lowest BCUT2D eigenvalue weighted by Gasteiger charge is -2.11. The van der Waals surface area contributed by atoms with Crippen LogP contribution in [0, 0.1) is 11.6 Å². The maximum Gasteiger partial charge on any atom is 0.416 e. The van der Waals surface area contributed by atoms with Gasteiger partial charge in [0.15, 0.2) is 0 Å². The Hall–Kier alpha value is -2.31. The highest BCUT2D eigenvalue weighted by Gasteiger charge is 2.31. The number of benzene rings is 2. The number of ether oxygens (including phenoxy) is 1. The van der Waals surface area contributed by atoms with Crippen LogP contribution in [-0.4, -0.2) is 5.11 Å². The van der Waals surface area contributed by atoms with E-state index < -0.39 is 30.0 Å². The fraction of sp³-hybridized carbons (Fsp3) is 0.143. The van der Waals surface area contributed by atoms with Gasteiger partial charge >= 0.3 is 6.18 Å². The van der Waals surface area contributed by atoms with Gasteiger partial charge in [-0.3, -0.25) is 0 Å². The number of rotatable bonds is 3. The Bertz CT molecular complexity index is 632. The van der Waals surface area contributed by atoms with Crippen LogP contribution in [0.25, 0.3) is 0 Å². The largest absolute Gasteiger partial charge is 0.508 e. The lowest BCUT2D eigenvalue weighted by molar-refractivity contribution is -0.137. The maximum absolute atomic E-state index is 13.2. The molecule has 0 saturated carbocycles. The maximum atomic E-state index is 13.2. The highest BCUT2D eigenvalue weighted by Crippen LogP contribution is 2.31. The number of halogens is 5. The first-order chi connectivity index (χ1) is 9.74. The number of aromatic hydroxyl groups is 1. The van der Waals surface area contributed by atoms with Crippen molar-refractivity contribution in [1.29, 1.82) is 0 Å². The summed E-state index contributed by atoms with van der Waals surface area (Å²) in [6, 6.07) is 4.88. The molecule has 0 heterocycles. The van der Waals surface area contributed by atoms with Crippen molar-refractivity contribution in [3.63, 3.8) is 0 Å². The lowest BCUT2D eigenvalue weighted by Crippen LogP contribution is -2.07. The van der Waals surface area contributed by atoms with Crippen LogP contribution in [0.1, 0.15) is 11.1 Å². The van der Waals surface area contributed by atoms with Crippen LogP contribution in [0.5, 0.6) is 11.5 Å². The Morgan fingerprint density at radius 2 is 1.57 bits per heavy atom. The van der Waals surface area contributed by atoms with Gasteiger partial charge in [-0.25, -0.2) is 8.78 Å². The molecule has 2 rings (SSSR count). The summed E-state index contributed by atoms with van der Waals surface area (Å²) < 4.78 is 68.8. The molecule has 0 aromatic heterocycles. The van der Waals surface area contributed by atoms with E-state index >= 15 is 0 Å². The van der Waals surface area contributed by atoms with Gasteiger partial charge in [0.1, 0.15) is 29.7 Å². The van der Waals surface area contributed by atoms with Crippen LogP contribution in [0.4, 0.5) is 22.0 Å². The van der Waals surface area contributed by atoms with Crippen molar-refractivity contribution in [3.05, 3.63) is 59.2 Å². The highest BCUT2D eigenvalue weighted by molar-refractivity contribution is 5.33. The SMILES string of the molecule is Oc1cc(F)cc(OCc2cc(F)cc(C(F)(F)F)c2)c1. The van der Waals surface area contributed by atoms with Crippen LogP contribution in [-0.2, 0) is 12.8 Å². The molecular weight excluding hydrogens is 295 g/mol. The van der Waals surface area contributed by atoms with Crippen LogP contribution in [0.2, 0.25) is 0 Å². The molecule has 7 heteroatoms. The molecule has 0 atom stereocenters. The van der Waals surface area contributed by atoms with E-state index in [0.717, 1.165) is 30.3 Å². The molecule has 0 radical (unpaired) electrons. The summed E-state index contributed by atoms with van der Waals surface area (Å²) in [6.07, 6.45) is -4.67. The van der Waals surface area contributed by atoms with Gasteiger partial charge in [-0.1, -0.05) is 0 Å². The number of hydrogen-bond acceptors (Lipinski definition) is 2. The molecule has 2 aromatic carbocycles. The van der Waals surface area contributed by atoms with Gasteiger partial charge in [-0.05, 0) is 23.8 Å². The molecule has 0 fully saturated rings. The summed E-state index contributed by atoms with van der Waals surface area (Å²) in [5.41, 5.74) is -1.20. The summed E-state index contributed by atoms with van der Waals surface area (Å²) in [5.74, 6) is -2.28. The molecule has 0 bridgehead atoms. The third-order valence-electron chi connectivity index (χ3n) is 2.55. The summed E-state index contributed by atoms with van der Waals surface area (Å²) in [6.45, 7) is -0.399. The molecular formula is C14H9F5O2. The average Bonchev–Trinajstić information content (AvgIpc) is 2.33. The van der Waals surface area contributed by atoms with Gasteiger partial charge < -0.3 is 9.84 Å². The fourth-order valence-corrected chi connectivity index (χ4v) is 1.70. The van der Waals surface area contributed by atoms with Crippen LogP contribution < -0.4 is 4.74 Å². The minimum atomic E-state index is -4.67. The van der Waals surface area contributed by atoms with Gasteiger partial charge in [0, 0.05) is 18.2 Å². The zero-order chi connectivity index (χ0) is 15.6. The Morgan fingerprint density at radius 3 is 2.19 bits per heavy atom. The van der Waals surface area contributed by atoms with E-state index in [9.17, 15) is 22.0 Å². The van der Waals surface area contributed by atoms with Gasteiger partial charge in [-0.2, -0.15) is 13.2 Å². The van der Waals surface area contributed by atoms with Gasteiger partial charge in [-0.15, -0.1) is 0 Å².